The Kier molecular flexibility index (Phi) is 6.07. The third-order valence-corrected chi connectivity index (χ3v) is 4.92. The fourth-order valence-electron chi connectivity index (χ4n) is 3.36. The van der Waals surface area contributed by atoms with Gasteiger partial charge in [-0.1, -0.05) is 0 Å². The van der Waals surface area contributed by atoms with Crippen LogP contribution in [0, 0.1) is 0 Å². The number of hydrogen-bond donors (Lipinski definition) is 2. The molecule has 152 valence electrons. The van der Waals surface area contributed by atoms with Crippen molar-refractivity contribution >= 4 is 23.2 Å². The van der Waals surface area contributed by atoms with Gasteiger partial charge in [0.25, 0.3) is 11.8 Å². The van der Waals surface area contributed by atoms with E-state index in [1.165, 1.54) is 0 Å². The first-order chi connectivity index (χ1) is 14.2. The number of carbonyl (C=O) groups is 2. The van der Waals surface area contributed by atoms with Crippen molar-refractivity contribution in [3.05, 3.63) is 48.5 Å². The fraction of sp³-hybridized carbons (Fsp3) is 0.364. The largest absolute Gasteiger partial charge is 0.457 e. The van der Waals surface area contributed by atoms with Crippen molar-refractivity contribution in [3.8, 4) is 11.5 Å². The summed E-state index contributed by atoms with van der Waals surface area (Å²) in [5.74, 6) is 1.07. The maximum absolute atomic E-state index is 12.1. The molecule has 7 nitrogen and oxygen atoms in total. The lowest BCUT2D eigenvalue weighted by Gasteiger charge is -2.12. The molecule has 2 aromatic rings. The molecule has 2 aliphatic heterocycles. The molecule has 29 heavy (non-hydrogen) atoms. The summed E-state index contributed by atoms with van der Waals surface area (Å²) in [7, 11) is 0. The molecule has 0 saturated carbocycles. The molecule has 2 heterocycles. The van der Waals surface area contributed by atoms with Crippen molar-refractivity contribution in [2.24, 2.45) is 0 Å². The van der Waals surface area contributed by atoms with Crippen LogP contribution in [0.15, 0.2) is 48.5 Å². The minimum absolute atomic E-state index is 0.114. The lowest BCUT2D eigenvalue weighted by atomic mass is 10.2. The van der Waals surface area contributed by atoms with E-state index in [9.17, 15) is 9.59 Å². The topological polar surface area (TPSA) is 85.9 Å². The second kappa shape index (κ2) is 9.07. The average molecular weight is 396 g/mol. The highest BCUT2D eigenvalue weighted by Crippen LogP contribution is 2.25. The minimum atomic E-state index is -0.356. The van der Waals surface area contributed by atoms with Gasteiger partial charge >= 0.3 is 0 Å². The number of rotatable bonds is 6. The predicted octanol–water partition coefficient (Wildman–Crippen LogP) is 3.71. The normalized spacial score (nSPS) is 21.0. The highest BCUT2D eigenvalue weighted by atomic mass is 16.5. The first-order valence-corrected chi connectivity index (χ1v) is 9.90. The summed E-state index contributed by atoms with van der Waals surface area (Å²) < 4.78 is 16.6. The van der Waals surface area contributed by atoms with Crippen molar-refractivity contribution in [2.75, 3.05) is 23.8 Å². The number of benzene rings is 2. The smallest absolute Gasteiger partial charge is 0.253 e. The van der Waals surface area contributed by atoms with Crippen LogP contribution in [0.5, 0.6) is 11.5 Å². The average Bonchev–Trinajstić information content (AvgIpc) is 3.45. The van der Waals surface area contributed by atoms with Crippen molar-refractivity contribution < 1.29 is 23.8 Å². The molecule has 0 aliphatic carbocycles. The Bertz CT molecular complexity index is 767. The quantitative estimate of drug-likeness (QED) is 0.777. The Hall–Kier alpha value is -2.90. The zero-order chi connectivity index (χ0) is 20.1. The maximum atomic E-state index is 12.1. The molecule has 2 fully saturated rings. The zero-order valence-electron chi connectivity index (χ0n) is 16.1. The lowest BCUT2D eigenvalue weighted by molar-refractivity contribution is -0.125. The van der Waals surface area contributed by atoms with E-state index in [-0.39, 0.29) is 24.0 Å². The zero-order valence-corrected chi connectivity index (χ0v) is 16.1. The Balaban J connectivity index is 1.29. The Labute approximate surface area is 169 Å². The van der Waals surface area contributed by atoms with Gasteiger partial charge in [0.2, 0.25) is 0 Å². The van der Waals surface area contributed by atoms with Crippen LogP contribution in [0.4, 0.5) is 11.4 Å². The summed E-state index contributed by atoms with van der Waals surface area (Å²) in [6.45, 7) is 1.28. The van der Waals surface area contributed by atoms with Crippen LogP contribution in [-0.4, -0.2) is 37.2 Å². The monoisotopic (exact) mass is 396 g/mol. The summed E-state index contributed by atoms with van der Waals surface area (Å²) >= 11 is 0. The van der Waals surface area contributed by atoms with Gasteiger partial charge in [0.05, 0.1) is 0 Å². The molecule has 2 atom stereocenters. The van der Waals surface area contributed by atoms with E-state index in [2.05, 4.69) is 10.6 Å². The summed E-state index contributed by atoms with van der Waals surface area (Å²) in [5, 5.41) is 5.71. The molecule has 2 aliphatic rings. The van der Waals surface area contributed by atoms with Gasteiger partial charge in [-0.2, -0.15) is 0 Å². The van der Waals surface area contributed by atoms with Crippen LogP contribution in [0.25, 0.3) is 0 Å². The molecule has 2 N–H and O–H groups in total. The highest BCUT2D eigenvalue weighted by Gasteiger charge is 2.24. The number of amides is 2. The van der Waals surface area contributed by atoms with Gasteiger partial charge < -0.3 is 24.8 Å². The molecular formula is C22H24N2O5. The second-order valence-electron chi connectivity index (χ2n) is 7.13. The molecule has 0 radical (unpaired) electrons. The number of carbonyl (C=O) groups excluding carboxylic acids is 2. The van der Waals surface area contributed by atoms with Crippen molar-refractivity contribution in [3.63, 3.8) is 0 Å². The van der Waals surface area contributed by atoms with E-state index in [4.69, 9.17) is 14.2 Å². The van der Waals surface area contributed by atoms with Gasteiger partial charge in [-0.05, 0) is 74.2 Å². The predicted molar refractivity (Wildman–Crippen MR) is 108 cm³/mol. The van der Waals surface area contributed by atoms with Crippen molar-refractivity contribution in [1.29, 1.82) is 0 Å². The van der Waals surface area contributed by atoms with Crippen LogP contribution in [0.1, 0.15) is 25.7 Å². The Morgan fingerprint density at radius 3 is 1.48 bits per heavy atom. The molecule has 2 saturated heterocycles. The Morgan fingerprint density at radius 1 is 0.724 bits per heavy atom. The van der Waals surface area contributed by atoms with Gasteiger partial charge in [-0.15, -0.1) is 0 Å². The van der Waals surface area contributed by atoms with Crippen LogP contribution < -0.4 is 15.4 Å². The lowest BCUT2D eigenvalue weighted by Crippen LogP contribution is -2.26. The van der Waals surface area contributed by atoms with E-state index in [1.807, 2.05) is 0 Å². The molecule has 4 rings (SSSR count). The van der Waals surface area contributed by atoms with E-state index in [0.29, 0.717) is 36.1 Å². The second-order valence-corrected chi connectivity index (χ2v) is 7.13. The molecule has 0 unspecified atom stereocenters. The van der Waals surface area contributed by atoms with Gasteiger partial charge in [-0.3, -0.25) is 9.59 Å². The number of hydrogen-bond acceptors (Lipinski definition) is 5. The number of anilines is 2. The minimum Gasteiger partial charge on any atom is -0.457 e. The van der Waals surface area contributed by atoms with Crippen LogP contribution in [0.2, 0.25) is 0 Å². The van der Waals surface area contributed by atoms with Gasteiger partial charge in [0.15, 0.2) is 0 Å². The number of ether oxygens (including phenoxy) is 3. The van der Waals surface area contributed by atoms with Crippen LogP contribution in [0.3, 0.4) is 0 Å². The Morgan fingerprint density at radius 2 is 1.14 bits per heavy atom. The van der Waals surface area contributed by atoms with Gasteiger partial charge in [0, 0.05) is 24.6 Å². The van der Waals surface area contributed by atoms with Gasteiger partial charge in [0.1, 0.15) is 23.7 Å². The third-order valence-electron chi connectivity index (χ3n) is 4.92. The molecular weight excluding hydrogens is 372 g/mol. The highest BCUT2D eigenvalue weighted by molar-refractivity contribution is 5.94. The van der Waals surface area contributed by atoms with Crippen LogP contribution >= 0.6 is 0 Å². The molecule has 2 amide bonds. The molecule has 0 bridgehead atoms. The van der Waals surface area contributed by atoms with Crippen molar-refractivity contribution in [1.82, 2.24) is 0 Å². The number of nitrogens with one attached hydrogen (secondary N) is 2. The first kappa shape index (κ1) is 19.4. The van der Waals surface area contributed by atoms with Crippen molar-refractivity contribution in [2.45, 2.75) is 37.9 Å². The van der Waals surface area contributed by atoms with E-state index in [0.717, 1.165) is 25.7 Å². The molecule has 0 aromatic heterocycles. The van der Waals surface area contributed by atoms with Crippen LogP contribution in [-0.2, 0) is 19.1 Å². The first-order valence-electron chi connectivity index (χ1n) is 9.90. The van der Waals surface area contributed by atoms with E-state index < -0.39 is 0 Å². The summed E-state index contributed by atoms with van der Waals surface area (Å²) in [6.07, 6.45) is 2.65. The van der Waals surface area contributed by atoms with E-state index in [1.54, 1.807) is 48.5 Å². The SMILES string of the molecule is O=C(Nc1ccc(Oc2ccc(NC(=O)[C@@H]3CCCO3)cc2)cc1)[C@@H]1CCCO1. The summed E-state index contributed by atoms with van der Waals surface area (Å²) in [6, 6.07) is 14.3. The maximum Gasteiger partial charge on any atom is 0.253 e. The van der Waals surface area contributed by atoms with E-state index >= 15 is 0 Å². The molecule has 0 spiro atoms. The third kappa shape index (κ3) is 5.13. The molecule has 7 heteroatoms. The standard InChI is InChI=1S/C22H24N2O5/c25-21(19-3-1-13-27-19)23-15-5-9-17(10-6-15)29-18-11-7-16(8-12-18)24-22(26)20-4-2-14-28-20/h5-12,19-20H,1-4,13-14H2,(H,23,25)(H,24,26)/t19-,20-/m0/s1. The van der Waals surface area contributed by atoms with Gasteiger partial charge in [-0.25, -0.2) is 0 Å². The fourth-order valence-corrected chi connectivity index (χ4v) is 3.36. The molecule has 2 aromatic carbocycles. The summed E-state index contributed by atoms with van der Waals surface area (Å²) in [4.78, 5) is 24.2. The summed E-state index contributed by atoms with van der Waals surface area (Å²) in [5.41, 5.74) is 1.40.